The van der Waals surface area contributed by atoms with Gasteiger partial charge >= 0.3 is 0 Å². The molecule has 0 N–H and O–H groups in total. The molecule has 1 fully saturated rings. The summed E-state index contributed by atoms with van der Waals surface area (Å²) in [6.07, 6.45) is 6.29. The van der Waals surface area contributed by atoms with Gasteiger partial charge in [-0.15, -0.1) is 11.8 Å². The van der Waals surface area contributed by atoms with Crippen molar-refractivity contribution in [2.24, 2.45) is 0 Å². The first-order valence-corrected chi connectivity index (χ1v) is 9.98. The molecule has 0 aliphatic carbocycles. The van der Waals surface area contributed by atoms with Crippen molar-refractivity contribution in [1.29, 1.82) is 0 Å². The molecule has 1 aromatic heterocycles. The van der Waals surface area contributed by atoms with E-state index in [0.29, 0.717) is 5.02 Å². The van der Waals surface area contributed by atoms with E-state index in [1.165, 1.54) is 12.1 Å². The van der Waals surface area contributed by atoms with E-state index in [9.17, 15) is 4.39 Å². The third-order valence-electron chi connectivity index (χ3n) is 4.83. The molecule has 1 aliphatic heterocycles. The van der Waals surface area contributed by atoms with Gasteiger partial charge in [-0.1, -0.05) is 23.7 Å². The minimum Gasteiger partial charge on any atom is -0.312 e. The second-order valence-corrected chi connectivity index (χ2v) is 8.02. The summed E-state index contributed by atoms with van der Waals surface area (Å²) < 4.78 is 15.2. The lowest BCUT2D eigenvalue weighted by Crippen LogP contribution is -2.44. The van der Waals surface area contributed by atoms with Crippen LogP contribution in [0.2, 0.25) is 5.02 Å². The van der Waals surface area contributed by atoms with E-state index >= 15 is 0 Å². The molecule has 27 heavy (non-hydrogen) atoms. The van der Waals surface area contributed by atoms with Crippen LogP contribution in [0.3, 0.4) is 0 Å². The molecule has 2 heterocycles. The monoisotopic (exact) mass is 403 g/mol. The third-order valence-corrected chi connectivity index (χ3v) is 6.22. The molecule has 3 aromatic rings. The fraction of sp³-hybridized carbons (Fsp3) is 0.250. The van der Waals surface area contributed by atoms with Crippen LogP contribution in [0.4, 0.5) is 4.39 Å². The maximum atomic E-state index is 13.1. The Morgan fingerprint density at radius 3 is 2.63 bits per heavy atom. The topological polar surface area (TPSA) is 30.3 Å². The first-order valence-electron chi connectivity index (χ1n) is 8.61. The minimum absolute atomic E-state index is 0.00290. The van der Waals surface area contributed by atoms with E-state index in [1.54, 1.807) is 30.1 Å². The highest BCUT2D eigenvalue weighted by Crippen LogP contribution is 2.42. The molecule has 0 amide bonds. The molecule has 4 nitrogen and oxygen atoms in total. The average Bonchev–Trinajstić information content (AvgIpc) is 3.31. The van der Waals surface area contributed by atoms with Gasteiger partial charge in [0, 0.05) is 41.5 Å². The molecule has 140 valence electrons. The van der Waals surface area contributed by atoms with Gasteiger partial charge in [0.25, 0.3) is 0 Å². The van der Waals surface area contributed by atoms with E-state index in [2.05, 4.69) is 9.55 Å². The molecule has 0 unspecified atom stereocenters. The number of rotatable bonds is 5. The van der Waals surface area contributed by atoms with Crippen molar-refractivity contribution in [1.82, 2.24) is 14.6 Å². The van der Waals surface area contributed by atoms with Crippen LogP contribution in [-0.2, 0) is 10.5 Å². The van der Waals surface area contributed by atoms with E-state index in [0.717, 1.165) is 22.6 Å². The van der Waals surface area contributed by atoms with Crippen molar-refractivity contribution < 1.29 is 9.23 Å². The summed E-state index contributed by atoms with van der Waals surface area (Å²) in [7, 11) is 1.94. The number of aromatic nitrogens is 2. The lowest BCUT2D eigenvalue weighted by Gasteiger charge is -2.35. The Bertz CT molecular complexity index is 889. The highest BCUT2D eigenvalue weighted by atomic mass is 35.5. The molecule has 1 saturated heterocycles. The summed E-state index contributed by atoms with van der Waals surface area (Å²) in [6.45, 7) is 0. The van der Waals surface area contributed by atoms with Gasteiger partial charge in [0.1, 0.15) is 11.5 Å². The minimum atomic E-state index is -0.491. The van der Waals surface area contributed by atoms with E-state index in [1.807, 2.05) is 48.9 Å². The number of nitrogens with zero attached hydrogens (tertiary/aromatic N) is 3. The molecule has 2 aromatic carbocycles. The van der Waals surface area contributed by atoms with Crippen molar-refractivity contribution in [2.45, 2.75) is 23.1 Å². The van der Waals surface area contributed by atoms with Crippen LogP contribution in [0, 0.1) is 5.82 Å². The predicted molar refractivity (Wildman–Crippen MR) is 105 cm³/mol. The molecule has 0 radical (unpaired) electrons. The Labute approximate surface area is 166 Å². The number of benzene rings is 2. The van der Waals surface area contributed by atoms with Crippen LogP contribution in [-0.4, -0.2) is 33.5 Å². The number of hydrogen-bond acceptors (Lipinski definition) is 4. The molecular weight excluding hydrogens is 385 g/mol. The fourth-order valence-corrected chi connectivity index (χ4v) is 4.53. The zero-order chi connectivity index (χ0) is 18.9. The van der Waals surface area contributed by atoms with Crippen molar-refractivity contribution in [3.8, 4) is 0 Å². The van der Waals surface area contributed by atoms with Crippen LogP contribution < -0.4 is 0 Å². The number of thioether (sulfide) groups is 1. The molecular formula is C20H19ClFN3OS. The van der Waals surface area contributed by atoms with Gasteiger partial charge in [-0.05, 0) is 42.0 Å². The van der Waals surface area contributed by atoms with Crippen LogP contribution in [0.25, 0.3) is 0 Å². The van der Waals surface area contributed by atoms with Crippen LogP contribution in [0.5, 0.6) is 0 Å². The van der Waals surface area contributed by atoms with Crippen molar-refractivity contribution in [3.05, 3.63) is 83.7 Å². The molecule has 7 heteroatoms. The summed E-state index contributed by atoms with van der Waals surface area (Å²) in [5, 5.41) is 2.60. The lowest BCUT2D eigenvalue weighted by molar-refractivity contribution is -0.173. The summed E-state index contributed by atoms with van der Waals surface area (Å²) >= 11 is 7.75. The Kier molecular flexibility index (Phi) is 5.23. The van der Waals surface area contributed by atoms with Gasteiger partial charge in [0.2, 0.25) is 0 Å². The Hall–Kier alpha value is -1.86. The Morgan fingerprint density at radius 2 is 1.96 bits per heavy atom. The SMILES string of the molecule is CN1O[C@H](CSc2ccc(F)cc2)C[C@]1(c1ccc(Cl)cc1)n1ccnc1. The predicted octanol–water partition coefficient (Wildman–Crippen LogP) is 4.80. The highest BCUT2D eigenvalue weighted by molar-refractivity contribution is 7.99. The summed E-state index contributed by atoms with van der Waals surface area (Å²) in [5.74, 6) is 0.540. The van der Waals surface area contributed by atoms with Gasteiger partial charge in [-0.2, -0.15) is 5.06 Å². The highest BCUT2D eigenvalue weighted by Gasteiger charge is 2.48. The number of hydroxylamine groups is 2. The van der Waals surface area contributed by atoms with Crippen LogP contribution in [0.15, 0.2) is 72.1 Å². The van der Waals surface area contributed by atoms with Crippen molar-refractivity contribution in [3.63, 3.8) is 0 Å². The average molecular weight is 404 g/mol. The molecule has 0 spiro atoms. The first kappa shape index (κ1) is 18.5. The number of halogens is 2. The fourth-order valence-electron chi connectivity index (χ4n) is 3.51. The van der Waals surface area contributed by atoms with E-state index in [4.69, 9.17) is 16.4 Å². The quantitative estimate of drug-likeness (QED) is 0.572. The van der Waals surface area contributed by atoms with Crippen molar-refractivity contribution in [2.75, 3.05) is 12.8 Å². The second kappa shape index (κ2) is 7.64. The smallest absolute Gasteiger partial charge is 0.149 e. The zero-order valence-corrected chi connectivity index (χ0v) is 16.3. The molecule has 0 saturated carbocycles. The van der Waals surface area contributed by atoms with E-state index < -0.39 is 5.66 Å². The normalized spacial score (nSPS) is 23.0. The molecule has 4 rings (SSSR count). The lowest BCUT2D eigenvalue weighted by atomic mass is 9.94. The maximum absolute atomic E-state index is 13.1. The second-order valence-electron chi connectivity index (χ2n) is 6.49. The van der Waals surface area contributed by atoms with E-state index in [-0.39, 0.29) is 11.9 Å². The Balaban J connectivity index is 1.58. The van der Waals surface area contributed by atoms with Gasteiger partial charge < -0.3 is 4.57 Å². The molecule has 2 atom stereocenters. The maximum Gasteiger partial charge on any atom is 0.149 e. The molecule has 0 bridgehead atoms. The zero-order valence-electron chi connectivity index (χ0n) is 14.8. The molecule has 1 aliphatic rings. The van der Waals surface area contributed by atoms with Crippen LogP contribution in [0.1, 0.15) is 12.0 Å². The summed E-state index contributed by atoms with van der Waals surface area (Å²) in [6, 6.07) is 14.4. The van der Waals surface area contributed by atoms with Gasteiger partial charge in [0.15, 0.2) is 0 Å². The Morgan fingerprint density at radius 1 is 1.22 bits per heavy atom. The largest absolute Gasteiger partial charge is 0.312 e. The summed E-state index contributed by atoms with van der Waals surface area (Å²) in [4.78, 5) is 11.4. The van der Waals surface area contributed by atoms with Crippen molar-refractivity contribution >= 4 is 23.4 Å². The third kappa shape index (κ3) is 3.62. The van der Waals surface area contributed by atoms with Gasteiger partial charge in [-0.25, -0.2) is 9.37 Å². The number of hydrogen-bond donors (Lipinski definition) is 0. The van der Waals surface area contributed by atoms with Gasteiger partial charge in [-0.3, -0.25) is 4.84 Å². The number of imidazole rings is 1. The van der Waals surface area contributed by atoms with Crippen LogP contribution >= 0.6 is 23.4 Å². The standard InChI is InChI=1S/C20H19ClFN3OS/c1-24-20(25-11-10-23-14-25,15-2-4-16(21)5-3-15)12-18(26-24)13-27-19-8-6-17(22)7-9-19/h2-11,14,18H,12-13H2,1H3/t18-,20+/m0/s1. The summed E-state index contributed by atoms with van der Waals surface area (Å²) in [5.41, 5.74) is 0.594. The van der Waals surface area contributed by atoms with Gasteiger partial charge in [0.05, 0.1) is 12.4 Å². The first-order chi connectivity index (χ1) is 13.1.